The number of carbonyl (C=O) groups excluding carboxylic acids is 2. The molecule has 2 aromatic heterocycles. The summed E-state index contributed by atoms with van der Waals surface area (Å²) in [6, 6.07) is 16.3. The Labute approximate surface area is 224 Å². The summed E-state index contributed by atoms with van der Waals surface area (Å²) in [6.45, 7) is 0.686. The van der Waals surface area contributed by atoms with Gasteiger partial charge in [-0.2, -0.15) is 0 Å². The van der Waals surface area contributed by atoms with Gasteiger partial charge in [-0.05, 0) is 29.5 Å². The lowest BCUT2D eigenvalue weighted by Gasteiger charge is -2.30. The van der Waals surface area contributed by atoms with Gasteiger partial charge in [0.2, 0.25) is 5.88 Å². The highest BCUT2D eigenvalue weighted by atomic mass is 16.6. The maximum atomic E-state index is 13.3. The van der Waals surface area contributed by atoms with Crippen molar-refractivity contribution in [2.75, 3.05) is 27.3 Å². The molecular formula is C29H26N4O6. The molecule has 1 aliphatic rings. The van der Waals surface area contributed by atoms with Crippen LogP contribution in [-0.4, -0.2) is 58.8 Å². The Morgan fingerprint density at radius 2 is 1.72 bits per heavy atom. The number of fused-ring (bicyclic) bond motifs is 1. The summed E-state index contributed by atoms with van der Waals surface area (Å²) in [5.41, 5.74) is 4.35. The number of H-pyrrole nitrogens is 1. The lowest BCUT2D eigenvalue weighted by molar-refractivity contribution is -0.384. The number of nitrogens with one attached hydrogen (secondary N) is 1. The number of carbonyl (C=O) groups is 2. The van der Waals surface area contributed by atoms with Crippen molar-refractivity contribution in [2.24, 2.45) is 0 Å². The van der Waals surface area contributed by atoms with Gasteiger partial charge >= 0.3 is 0 Å². The number of rotatable bonds is 7. The summed E-state index contributed by atoms with van der Waals surface area (Å²) >= 11 is 0. The SMILES string of the molecule is COc1ncc(OC)c2c(C(=O)C(=O)N3CCC(=C(c4ccccc4)c4cccc([N+](=O)[O-])c4)CC3)c[nH]c12. The number of non-ortho nitro benzene ring substituents is 1. The molecular weight excluding hydrogens is 500 g/mol. The van der Waals surface area contributed by atoms with E-state index >= 15 is 0 Å². The molecule has 1 saturated heterocycles. The number of hydrogen-bond acceptors (Lipinski definition) is 7. The number of amides is 1. The number of methoxy groups -OCH3 is 2. The minimum absolute atomic E-state index is 0.0146. The van der Waals surface area contributed by atoms with E-state index in [1.54, 1.807) is 17.0 Å². The first-order valence-corrected chi connectivity index (χ1v) is 12.4. The van der Waals surface area contributed by atoms with Gasteiger partial charge in [0.25, 0.3) is 17.4 Å². The Morgan fingerprint density at radius 3 is 2.38 bits per heavy atom. The summed E-state index contributed by atoms with van der Waals surface area (Å²) in [6.07, 6.45) is 3.98. The fourth-order valence-corrected chi connectivity index (χ4v) is 5.03. The normalized spacial score (nSPS) is 13.3. The van der Waals surface area contributed by atoms with E-state index in [4.69, 9.17) is 9.47 Å². The molecule has 0 atom stereocenters. The third-order valence-electron chi connectivity index (χ3n) is 6.91. The van der Waals surface area contributed by atoms with Crippen LogP contribution in [0.5, 0.6) is 11.6 Å². The summed E-state index contributed by atoms with van der Waals surface area (Å²) in [7, 11) is 2.94. The van der Waals surface area contributed by atoms with Crippen molar-refractivity contribution in [3.05, 3.63) is 99.4 Å². The first-order chi connectivity index (χ1) is 18.9. The quantitative estimate of drug-likeness (QED) is 0.159. The topological polar surface area (TPSA) is 128 Å². The second kappa shape index (κ2) is 10.8. The number of aromatic amines is 1. The number of pyridine rings is 1. The lowest BCUT2D eigenvalue weighted by atomic mass is 9.88. The third kappa shape index (κ3) is 4.84. The Hall–Kier alpha value is -4.99. The molecule has 1 aliphatic heterocycles. The highest BCUT2D eigenvalue weighted by molar-refractivity contribution is 6.45. The fraction of sp³-hybridized carbons (Fsp3) is 0.207. The number of likely N-dealkylation sites (tertiary alicyclic amines) is 1. The number of ketones is 1. The van der Waals surface area contributed by atoms with E-state index in [1.807, 2.05) is 36.4 Å². The minimum atomic E-state index is -0.651. The van der Waals surface area contributed by atoms with Gasteiger partial charge < -0.3 is 19.4 Å². The van der Waals surface area contributed by atoms with E-state index < -0.39 is 16.6 Å². The molecule has 1 amide bonds. The number of nitrogens with zero attached hydrogens (tertiary/aromatic N) is 3. The molecule has 2 aromatic carbocycles. The second-order valence-electron chi connectivity index (χ2n) is 9.06. The zero-order chi connectivity index (χ0) is 27.5. The van der Waals surface area contributed by atoms with Gasteiger partial charge in [0.05, 0.1) is 36.3 Å². The van der Waals surface area contributed by atoms with E-state index in [0.717, 1.165) is 22.3 Å². The number of Topliss-reactive ketones (excluding diaryl/α,β-unsaturated/α-hetero) is 1. The Balaban J connectivity index is 1.43. The van der Waals surface area contributed by atoms with Crippen LogP contribution in [0.3, 0.4) is 0 Å². The molecule has 198 valence electrons. The van der Waals surface area contributed by atoms with Crippen molar-refractivity contribution in [3.8, 4) is 11.6 Å². The van der Waals surface area contributed by atoms with Crippen molar-refractivity contribution in [1.29, 1.82) is 0 Å². The van der Waals surface area contributed by atoms with Crippen LogP contribution in [0.2, 0.25) is 0 Å². The molecule has 0 bridgehead atoms. The first kappa shape index (κ1) is 25.7. The maximum absolute atomic E-state index is 13.3. The van der Waals surface area contributed by atoms with Gasteiger partial charge in [0.15, 0.2) is 0 Å². The van der Waals surface area contributed by atoms with Gasteiger partial charge in [-0.1, -0.05) is 48.0 Å². The van der Waals surface area contributed by atoms with Gasteiger partial charge in [-0.25, -0.2) is 4.98 Å². The van der Waals surface area contributed by atoms with E-state index in [2.05, 4.69) is 9.97 Å². The first-order valence-electron chi connectivity index (χ1n) is 12.4. The van der Waals surface area contributed by atoms with Gasteiger partial charge in [0.1, 0.15) is 11.3 Å². The fourth-order valence-electron chi connectivity index (χ4n) is 5.03. The number of hydrogen-bond donors (Lipinski definition) is 1. The molecule has 10 heteroatoms. The third-order valence-corrected chi connectivity index (χ3v) is 6.91. The van der Waals surface area contributed by atoms with Crippen LogP contribution in [0.25, 0.3) is 16.5 Å². The van der Waals surface area contributed by atoms with Gasteiger partial charge in [0, 0.05) is 31.4 Å². The number of piperidine rings is 1. The molecule has 1 fully saturated rings. The molecule has 0 radical (unpaired) electrons. The van der Waals surface area contributed by atoms with Crippen molar-refractivity contribution < 1.29 is 24.0 Å². The average molecular weight is 527 g/mol. The van der Waals surface area contributed by atoms with Crippen molar-refractivity contribution in [3.63, 3.8) is 0 Å². The van der Waals surface area contributed by atoms with Gasteiger partial charge in [-0.15, -0.1) is 0 Å². The van der Waals surface area contributed by atoms with E-state index in [0.29, 0.717) is 48.5 Å². The average Bonchev–Trinajstić information content (AvgIpc) is 3.43. The molecule has 0 unspecified atom stereocenters. The number of aromatic nitrogens is 2. The molecule has 4 aromatic rings. The smallest absolute Gasteiger partial charge is 0.295 e. The van der Waals surface area contributed by atoms with Crippen LogP contribution in [0, 0.1) is 10.1 Å². The molecule has 3 heterocycles. The Morgan fingerprint density at radius 1 is 1.00 bits per heavy atom. The molecule has 10 nitrogen and oxygen atoms in total. The van der Waals surface area contributed by atoms with Crippen LogP contribution < -0.4 is 9.47 Å². The molecule has 0 saturated carbocycles. The van der Waals surface area contributed by atoms with Crippen LogP contribution in [0.4, 0.5) is 5.69 Å². The van der Waals surface area contributed by atoms with E-state index in [9.17, 15) is 19.7 Å². The minimum Gasteiger partial charge on any atom is -0.494 e. The van der Waals surface area contributed by atoms with Crippen molar-refractivity contribution in [1.82, 2.24) is 14.9 Å². The predicted octanol–water partition coefficient (Wildman–Crippen LogP) is 4.80. The summed E-state index contributed by atoms with van der Waals surface area (Å²) in [5, 5.41) is 11.9. The molecule has 39 heavy (non-hydrogen) atoms. The zero-order valence-electron chi connectivity index (χ0n) is 21.5. The molecule has 1 N–H and O–H groups in total. The Bertz CT molecular complexity index is 1600. The highest BCUT2D eigenvalue weighted by Gasteiger charge is 2.30. The van der Waals surface area contributed by atoms with Crippen LogP contribution in [0.1, 0.15) is 34.3 Å². The number of nitro benzene ring substituents is 1. The number of nitro groups is 1. The predicted molar refractivity (Wildman–Crippen MR) is 145 cm³/mol. The van der Waals surface area contributed by atoms with Crippen LogP contribution in [0.15, 0.2) is 72.6 Å². The lowest BCUT2D eigenvalue weighted by Crippen LogP contribution is -2.40. The molecule has 5 rings (SSSR count). The summed E-state index contributed by atoms with van der Waals surface area (Å²) < 4.78 is 10.7. The monoisotopic (exact) mass is 526 g/mol. The van der Waals surface area contributed by atoms with Gasteiger partial charge in [-0.3, -0.25) is 19.7 Å². The summed E-state index contributed by atoms with van der Waals surface area (Å²) in [5.74, 6) is -0.609. The second-order valence-corrected chi connectivity index (χ2v) is 9.06. The maximum Gasteiger partial charge on any atom is 0.295 e. The molecule has 0 spiro atoms. The number of benzene rings is 2. The zero-order valence-corrected chi connectivity index (χ0v) is 21.5. The van der Waals surface area contributed by atoms with Crippen LogP contribution >= 0.6 is 0 Å². The number of ether oxygens (including phenoxy) is 2. The van der Waals surface area contributed by atoms with Crippen molar-refractivity contribution in [2.45, 2.75) is 12.8 Å². The molecule has 0 aliphatic carbocycles. The summed E-state index contributed by atoms with van der Waals surface area (Å²) in [4.78, 5) is 46.4. The Kier molecular flexibility index (Phi) is 7.09. The van der Waals surface area contributed by atoms with Crippen molar-refractivity contribution >= 4 is 33.9 Å². The largest absolute Gasteiger partial charge is 0.494 e. The van der Waals surface area contributed by atoms with Crippen LogP contribution in [-0.2, 0) is 4.79 Å². The standard InChI is InChI=1S/C29H26N4O6/c1-38-23-17-31-28(39-2)26-25(23)22(16-30-26)27(34)29(35)32-13-11-19(12-14-32)24(18-7-4-3-5-8-18)20-9-6-10-21(15-20)33(36)37/h3-10,15-17,30H,11-14H2,1-2H3. The highest BCUT2D eigenvalue weighted by Crippen LogP contribution is 2.35. The van der Waals surface area contributed by atoms with E-state index in [-0.39, 0.29) is 11.3 Å². The van der Waals surface area contributed by atoms with E-state index in [1.165, 1.54) is 32.7 Å².